The first kappa shape index (κ1) is 13.3. The van der Waals surface area contributed by atoms with Gasteiger partial charge in [-0.1, -0.05) is 29.8 Å². The molecule has 0 fully saturated rings. The fraction of sp³-hybridized carbons (Fsp3) is 0.0714. The van der Waals surface area contributed by atoms with Crippen LogP contribution in [-0.2, 0) is 0 Å². The maximum atomic E-state index is 10.8. The van der Waals surface area contributed by atoms with E-state index in [2.05, 4.69) is 10.1 Å². The molecule has 21 heavy (non-hydrogen) atoms. The van der Waals surface area contributed by atoms with Crippen LogP contribution >= 0.6 is 11.3 Å². The predicted molar refractivity (Wildman–Crippen MR) is 78.0 cm³/mol. The van der Waals surface area contributed by atoms with E-state index in [-0.39, 0.29) is 11.6 Å². The van der Waals surface area contributed by atoms with Crippen LogP contribution in [0.1, 0.15) is 16.1 Å². The van der Waals surface area contributed by atoms with Gasteiger partial charge in [-0.15, -0.1) is 11.3 Å². The standard InChI is InChI=1S/C14H11N3O3S/c1-8-2-4-9(5-3-8)10-6-12(18)17(16-10)14-15-11(7-21-14)13(19)20/h2-7,18H,1H3,(H,19,20). The molecule has 0 radical (unpaired) electrons. The van der Waals surface area contributed by atoms with Gasteiger partial charge < -0.3 is 10.2 Å². The fourth-order valence-electron chi connectivity index (χ4n) is 1.84. The number of thiazole rings is 1. The molecule has 3 aromatic rings. The Bertz CT molecular complexity index is 805. The highest BCUT2D eigenvalue weighted by molar-refractivity contribution is 7.12. The lowest BCUT2D eigenvalue weighted by Gasteiger charge is -1.97. The fourth-order valence-corrected chi connectivity index (χ4v) is 2.59. The summed E-state index contributed by atoms with van der Waals surface area (Å²) in [6, 6.07) is 9.25. The molecule has 0 aliphatic carbocycles. The SMILES string of the molecule is Cc1ccc(-c2cc(O)n(-c3nc(C(=O)O)cs3)n2)cc1. The van der Waals surface area contributed by atoms with Crippen LogP contribution in [0.3, 0.4) is 0 Å². The van der Waals surface area contributed by atoms with E-state index in [0.717, 1.165) is 22.5 Å². The first-order chi connectivity index (χ1) is 10.0. The quantitative estimate of drug-likeness (QED) is 0.776. The summed E-state index contributed by atoms with van der Waals surface area (Å²) < 4.78 is 1.23. The first-order valence-corrected chi connectivity index (χ1v) is 6.98. The summed E-state index contributed by atoms with van der Waals surface area (Å²) in [6.45, 7) is 1.99. The largest absolute Gasteiger partial charge is 0.493 e. The Morgan fingerprint density at radius 2 is 2.00 bits per heavy atom. The summed E-state index contributed by atoms with van der Waals surface area (Å²) >= 11 is 1.10. The summed E-state index contributed by atoms with van der Waals surface area (Å²) in [5, 5.41) is 24.8. The van der Waals surface area contributed by atoms with Crippen LogP contribution in [0.2, 0.25) is 0 Å². The minimum Gasteiger partial charge on any atom is -0.493 e. The second-order valence-electron chi connectivity index (χ2n) is 4.49. The maximum Gasteiger partial charge on any atom is 0.355 e. The van der Waals surface area contributed by atoms with E-state index in [9.17, 15) is 9.90 Å². The Hall–Kier alpha value is -2.67. The van der Waals surface area contributed by atoms with Crippen LogP contribution < -0.4 is 0 Å². The maximum absolute atomic E-state index is 10.8. The van der Waals surface area contributed by atoms with Gasteiger partial charge in [0.05, 0.1) is 5.69 Å². The number of nitrogens with zero attached hydrogens (tertiary/aromatic N) is 3. The molecule has 0 saturated carbocycles. The number of hydrogen-bond donors (Lipinski definition) is 2. The zero-order valence-electron chi connectivity index (χ0n) is 11.0. The van der Waals surface area contributed by atoms with Gasteiger partial charge in [0.2, 0.25) is 11.0 Å². The molecule has 3 rings (SSSR count). The van der Waals surface area contributed by atoms with Crippen LogP contribution in [0.15, 0.2) is 35.7 Å². The van der Waals surface area contributed by atoms with E-state index in [1.165, 1.54) is 16.1 Å². The van der Waals surface area contributed by atoms with Crippen molar-refractivity contribution in [1.82, 2.24) is 14.8 Å². The molecule has 0 bridgehead atoms. The molecule has 0 saturated heterocycles. The molecule has 2 heterocycles. The average molecular weight is 301 g/mol. The van der Waals surface area contributed by atoms with Crippen molar-refractivity contribution in [3.05, 3.63) is 47.0 Å². The van der Waals surface area contributed by atoms with Gasteiger partial charge in [0.15, 0.2) is 5.69 Å². The highest BCUT2D eigenvalue weighted by Crippen LogP contribution is 2.26. The number of carboxylic acids is 1. The second kappa shape index (κ2) is 5.02. The molecular formula is C14H11N3O3S. The lowest BCUT2D eigenvalue weighted by molar-refractivity contribution is 0.0691. The number of aromatic hydroxyl groups is 1. The van der Waals surface area contributed by atoms with Crippen LogP contribution in [0.25, 0.3) is 16.4 Å². The van der Waals surface area contributed by atoms with Gasteiger partial charge in [0.25, 0.3) is 0 Å². The van der Waals surface area contributed by atoms with E-state index >= 15 is 0 Å². The van der Waals surface area contributed by atoms with Crippen molar-refractivity contribution in [1.29, 1.82) is 0 Å². The van der Waals surface area contributed by atoms with Gasteiger partial charge in [-0.25, -0.2) is 9.78 Å². The van der Waals surface area contributed by atoms with Gasteiger partial charge in [-0.3, -0.25) is 0 Å². The zero-order chi connectivity index (χ0) is 15.0. The minimum absolute atomic E-state index is 0.0678. The van der Waals surface area contributed by atoms with E-state index in [0.29, 0.717) is 10.8 Å². The van der Waals surface area contributed by atoms with Crippen LogP contribution in [0, 0.1) is 6.92 Å². The molecule has 0 aliphatic heterocycles. The molecule has 2 N–H and O–H groups in total. The van der Waals surface area contributed by atoms with Gasteiger partial charge in [-0.05, 0) is 6.92 Å². The summed E-state index contributed by atoms with van der Waals surface area (Å²) in [5.74, 6) is -1.19. The molecule has 6 nitrogen and oxygen atoms in total. The number of carboxylic acid groups (broad SMARTS) is 1. The highest BCUT2D eigenvalue weighted by Gasteiger charge is 2.15. The minimum atomic E-state index is -1.11. The monoisotopic (exact) mass is 301 g/mol. The van der Waals surface area contributed by atoms with E-state index in [4.69, 9.17) is 5.11 Å². The number of aromatic nitrogens is 3. The smallest absolute Gasteiger partial charge is 0.355 e. The molecule has 1 aromatic carbocycles. The van der Waals surface area contributed by atoms with Crippen molar-refractivity contribution < 1.29 is 15.0 Å². The second-order valence-corrected chi connectivity index (χ2v) is 5.32. The topological polar surface area (TPSA) is 88.2 Å². The Balaban J connectivity index is 2.00. The molecule has 0 spiro atoms. The van der Waals surface area contributed by atoms with Crippen molar-refractivity contribution >= 4 is 17.3 Å². The third kappa shape index (κ3) is 2.50. The van der Waals surface area contributed by atoms with E-state index < -0.39 is 5.97 Å². The number of benzene rings is 1. The molecule has 2 aromatic heterocycles. The average Bonchev–Trinajstić information content (AvgIpc) is 3.06. The number of hydrogen-bond acceptors (Lipinski definition) is 5. The first-order valence-electron chi connectivity index (χ1n) is 6.10. The summed E-state index contributed by atoms with van der Waals surface area (Å²) in [7, 11) is 0. The summed E-state index contributed by atoms with van der Waals surface area (Å²) in [4.78, 5) is 14.8. The van der Waals surface area contributed by atoms with E-state index in [1.807, 2.05) is 31.2 Å². The highest BCUT2D eigenvalue weighted by atomic mass is 32.1. The van der Waals surface area contributed by atoms with Crippen LogP contribution in [-0.4, -0.2) is 30.9 Å². The number of carbonyl (C=O) groups is 1. The van der Waals surface area contributed by atoms with Crippen LogP contribution in [0.4, 0.5) is 0 Å². The summed E-state index contributed by atoms with van der Waals surface area (Å²) in [6.07, 6.45) is 0. The molecule has 0 amide bonds. The van der Waals surface area contributed by atoms with Gasteiger partial charge in [-0.2, -0.15) is 9.78 Å². The van der Waals surface area contributed by atoms with Crippen molar-refractivity contribution in [3.63, 3.8) is 0 Å². The Kier molecular flexibility index (Phi) is 3.19. The molecule has 7 heteroatoms. The van der Waals surface area contributed by atoms with E-state index in [1.54, 1.807) is 0 Å². The Morgan fingerprint density at radius 1 is 1.29 bits per heavy atom. The molecule has 0 aliphatic rings. The van der Waals surface area contributed by atoms with Gasteiger partial charge in [0.1, 0.15) is 0 Å². The Morgan fingerprint density at radius 3 is 2.62 bits per heavy atom. The van der Waals surface area contributed by atoms with Crippen molar-refractivity contribution in [2.24, 2.45) is 0 Å². The molecular weight excluding hydrogens is 290 g/mol. The van der Waals surface area contributed by atoms with Crippen molar-refractivity contribution in [2.75, 3.05) is 0 Å². The van der Waals surface area contributed by atoms with Gasteiger partial charge in [0, 0.05) is 17.0 Å². The van der Waals surface area contributed by atoms with Crippen molar-refractivity contribution in [2.45, 2.75) is 6.92 Å². The Labute approximate surface area is 123 Å². The zero-order valence-corrected chi connectivity index (χ0v) is 11.8. The number of rotatable bonds is 3. The third-order valence-electron chi connectivity index (χ3n) is 2.93. The number of aromatic carboxylic acids is 1. The molecule has 0 atom stereocenters. The number of aryl methyl sites for hydroxylation is 1. The summed E-state index contributed by atoms with van der Waals surface area (Å²) in [5.41, 5.74) is 2.53. The van der Waals surface area contributed by atoms with Crippen molar-refractivity contribution in [3.8, 4) is 22.3 Å². The normalized spacial score (nSPS) is 10.7. The lowest BCUT2D eigenvalue weighted by Crippen LogP contribution is -1.99. The third-order valence-corrected chi connectivity index (χ3v) is 3.75. The molecule has 106 valence electrons. The predicted octanol–water partition coefficient (Wildman–Crippen LogP) is 2.71. The lowest BCUT2D eigenvalue weighted by atomic mass is 10.1. The van der Waals surface area contributed by atoms with Crippen LogP contribution in [0.5, 0.6) is 5.88 Å². The molecule has 0 unspecified atom stereocenters. The van der Waals surface area contributed by atoms with Gasteiger partial charge >= 0.3 is 5.97 Å².